The first-order valence-corrected chi connectivity index (χ1v) is 32.0. The number of hydrogen-bond acceptors (Lipinski definition) is 6. The Balaban J connectivity index is 1.13. The minimum absolute atomic E-state index is 0.195. The quantitative estimate of drug-likeness (QED) is 0.0630. The molecule has 2 fully saturated rings. The second-order valence-electron chi connectivity index (χ2n) is 26.6. The van der Waals surface area contributed by atoms with Gasteiger partial charge in [0.25, 0.3) is 0 Å². The summed E-state index contributed by atoms with van der Waals surface area (Å²) < 4.78 is 26.5. The largest absolute Gasteiger partial charge is 0.494 e. The first-order valence-electron chi connectivity index (χ1n) is 32.0. The lowest BCUT2D eigenvalue weighted by Gasteiger charge is -2.39. The van der Waals surface area contributed by atoms with E-state index in [-0.39, 0.29) is 5.41 Å². The van der Waals surface area contributed by atoms with Gasteiger partial charge in [0.15, 0.2) is 0 Å². The highest BCUT2D eigenvalue weighted by Gasteiger charge is 2.53. The van der Waals surface area contributed by atoms with Crippen LogP contribution in [0.4, 0.5) is 34.1 Å². The molecule has 2 heterocycles. The molecule has 8 aromatic carbocycles. The summed E-state index contributed by atoms with van der Waals surface area (Å²) in [6.07, 6.45) is 11.9. The third-order valence-corrected chi connectivity index (χ3v) is 20.0. The van der Waals surface area contributed by atoms with Gasteiger partial charge in [-0.25, -0.2) is 0 Å². The molecule has 2 unspecified atom stereocenters. The van der Waals surface area contributed by atoms with E-state index >= 15 is 0 Å². The molecular weight excluding hydrogens is 1040 g/mol. The lowest BCUT2D eigenvalue weighted by atomic mass is 9.65. The molecule has 6 nitrogen and oxygen atoms in total. The summed E-state index contributed by atoms with van der Waals surface area (Å²) in [5, 5.41) is 0. The third kappa shape index (κ3) is 11.7. The second kappa shape index (κ2) is 24.6. The van der Waals surface area contributed by atoms with Crippen molar-refractivity contribution in [2.45, 2.75) is 175 Å². The van der Waals surface area contributed by atoms with E-state index in [2.05, 4.69) is 287 Å². The van der Waals surface area contributed by atoms with Crippen molar-refractivity contribution in [2.75, 3.05) is 9.80 Å². The van der Waals surface area contributed by atoms with Crippen molar-refractivity contribution in [2.24, 2.45) is 11.8 Å². The van der Waals surface area contributed by atoms with Gasteiger partial charge in [-0.15, -0.1) is 0 Å². The van der Waals surface area contributed by atoms with Crippen LogP contribution in [0.5, 0.6) is 0 Å². The summed E-state index contributed by atoms with van der Waals surface area (Å²) in [7, 11) is -0.937. The van der Waals surface area contributed by atoms with Gasteiger partial charge in [-0.1, -0.05) is 213 Å². The Morgan fingerprint density at radius 3 is 1.04 bits per heavy atom. The second-order valence-corrected chi connectivity index (χ2v) is 26.6. The Bertz CT molecular complexity index is 3290. The fourth-order valence-corrected chi connectivity index (χ4v) is 13.6. The number of anilines is 6. The average Bonchev–Trinajstić information content (AvgIpc) is 1.96. The maximum absolute atomic E-state index is 6.62. The Kier molecular flexibility index (Phi) is 17.4. The molecule has 8 heteroatoms. The molecule has 0 amide bonds. The van der Waals surface area contributed by atoms with Crippen molar-refractivity contribution in [1.82, 2.24) is 0 Å². The Morgan fingerprint density at radius 1 is 0.365 bits per heavy atom. The van der Waals surface area contributed by atoms with Crippen molar-refractivity contribution in [3.63, 3.8) is 0 Å². The molecule has 8 aromatic rings. The monoisotopic (exact) mass is 1130 g/mol. The molecule has 3 aliphatic rings. The zero-order chi connectivity index (χ0) is 59.7. The number of benzene rings is 8. The first kappa shape index (κ1) is 60.0. The van der Waals surface area contributed by atoms with Crippen molar-refractivity contribution in [1.29, 1.82) is 0 Å². The van der Waals surface area contributed by atoms with Gasteiger partial charge in [0.1, 0.15) is 0 Å². The zero-order valence-corrected chi connectivity index (χ0v) is 52.9. The summed E-state index contributed by atoms with van der Waals surface area (Å²) in [5.74, 6) is 1.16. The van der Waals surface area contributed by atoms with Gasteiger partial charge in [0.05, 0.1) is 33.8 Å². The molecule has 1 aliphatic carbocycles. The molecule has 0 bridgehead atoms. The standard InChI is InChI=1S/C77H90B2N2O4/c1-13-17-29-55(15-3)53-77(54-56(16-4)30-18-14-2)69-49-47-63(80(71-37-27-25-35-65(71)57-31-21-19-22-32-57)61-43-39-59(40-44-61)78-82-73(5,6)74(7,8)83-78)51-67(69)68-52-64(48-50-70(68)77)81(72-38-28-26-36-66(72)58-33-23-20-24-34-58)62-45-41-60(42-46-62)79-84-75(9,10)76(11,12)85-79/h19-28,31-52,55-56H,13-18,29-30,53-54H2,1-12H3. The van der Waals surface area contributed by atoms with Gasteiger partial charge in [-0.3, -0.25) is 0 Å². The molecule has 438 valence electrons. The zero-order valence-electron chi connectivity index (χ0n) is 52.9. The Labute approximate surface area is 510 Å². The van der Waals surface area contributed by atoms with Crippen molar-refractivity contribution in [3.05, 3.63) is 205 Å². The molecular formula is C77H90B2N2O4. The van der Waals surface area contributed by atoms with Crippen LogP contribution in [0.3, 0.4) is 0 Å². The van der Waals surface area contributed by atoms with E-state index in [0.29, 0.717) is 11.8 Å². The number of fused-ring (bicyclic) bond motifs is 3. The molecule has 0 N–H and O–H groups in total. The fraction of sp³-hybridized carbons (Fsp3) is 0.377. The van der Waals surface area contributed by atoms with Crippen molar-refractivity contribution < 1.29 is 18.6 Å². The van der Waals surface area contributed by atoms with Gasteiger partial charge < -0.3 is 28.4 Å². The minimum Gasteiger partial charge on any atom is -0.399 e. The van der Waals surface area contributed by atoms with Crippen LogP contribution in [-0.2, 0) is 24.0 Å². The van der Waals surface area contributed by atoms with Crippen molar-refractivity contribution >= 4 is 59.3 Å². The van der Waals surface area contributed by atoms with Gasteiger partial charge in [-0.2, -0.15) is 0 Å². The van der Waals surface area contributed by atoms with Crippen LogP contribution in [0.2, 0.25) is 0 Å². The molecule has 11 rings (SSSR count). The minimum atomic E-state index is -0.469. The van der Waals surface area contributed by atoms with Crippen LogP contribution in [0, 0.1) is 11.8 Å². The number of hydrogen-bond donors (Lipinski definition) is 0. The maximum atomic E-state index is 6.62. The van der Waals surface area contributed by atoms with E-state index in [9.17, 15) is 0 Å². The van der Waals surface area contributed by atoms with Crippen LogP contribution in [0.15, 0.2) is 194 Å². The molecule has 0 saturated carbocycles. The Hall–Kier alpha value is -6.67. The molecule has 2 aliphatic heterocycles. The normalized spacial score (nSPS) is 17.6. The van der Waals surface area contributed by atoms with E-state index < -0.39 is 36.6 Å². The predicted octanol–water partition coefficient (Wildman–Crippen LogP) is 20.0. The molecule has 0 radical (unpaired) electrons. The van der Waals surface area contributed by atoms with E-state index in [4.69, 9.17) is 18.6 Å². The van der Waals surface area contributed by atoms with Gasteiger partial charge in [0.2, 0.25) is 0 Å². The number of rotatable bonds is 22. The summed E-state index contributed by atoms with van der Waals surface area (Å²) in [6, 6.07) is 72.4. The third-order valence-electron chi connectivity index (χ3n) is 20.0. The van der Waals surface area contributed by atoms with Gasteiger partial charge in [0, 0.05) is 39.3 Å². The number of nitrogens with zero attached hydrogens (tertiary/aromatic N) is 2. The smallest absolute Gasteiger partial charge is 0.399 e. The topological polar surface area (TPSA) is 43.4 Å². The van der Waals surface area contributed by atoms with Gasteiger partial charge in [-0.05, 0) is 185 Å². The van der Waals surface area contributed by atoms with Crippen LogP contribution in [0.1, 0.15) is 158 Å². The summed E-state index contributed by atoms with van der Waals surface area (Å²) >= 11 is 0. The predicted molar refractivity (Wildman–Crippen MR) is 360 cm³/mol. The van der Waals surface area contributed by atoms with E-state index in [0.717, 1.165) is 81.9 Å². The highest BCUT2D eigenvalue weighted by atomic mass is 16.7. The van der Waals surface area contributed by atoms with Crippen LogP contribution in [0.25, 0.3) is 33.4 Å². The Morgan fingerprint density at radius 2 is 0.694 bits per heavy atom. The highest BCUT2D eigenvalue weighted by molar-refractivity contribution is 6.62. The SMILES string of the molecule is CCCCC(CC)CC1(CC(CC)CCCC)c2ccc(N(c3ccc(B4OC(C)(C)C(C)(C)O4)cc3)c3ccccc3-c3ccccc3)cc2-c2cc(N(c3ccc(B4OC(C)(C)C(C)(C)O4)cc3)c3ccccc3-c3ccccc3)ccc21. The molecule has 0 aromatic heterocycles. The first-order chi connectivity index (χ1) is 40.9. The molecule has 2 atom stereocenters. The summed E-state index contributed by atoms with van der Waals surface area (Å²) in [6.45, 7) is 26.5. The van der Waals surface area contributed by atoms with E-state index in [1.165, 1.54) is 71.9 Å². The molecule has 0 spiro atoms. The summed E-state index contributed by atoms with van der Waals surface area (Å²) in [5.41, 5.74) is 16.8. The molecule has 85 heavy (non-hydrogen) atoms. The fourth-order valence-electron chi connectivity index (χ4n) is 13.6. The lowest BCUT2D eigenvalue weighted by molar-refractivity contribution is 0.00578. The molecule has 2 saturated heterocycles. The van der Waals surface area contributed by atoms with E-state index in [1.807, 2.05) is 0 Å². The lowest BCUT2D eigenvalue weighted by Crippen LogP contribution is -2.41. The van der Waals surface area contributed by atoms with E-state index in [1.54, 1.807) is 0 Å². The maximum Gasteiger partial charge on any atom is 0.494 e. The van der Waals surface area contributed by atoms with Crippen LogP contribution in [-0.4, -0.2) is 36.6 Å². The van der Waals surface area contributed by atoms with Crippen LogP contribution < -0.4 is 20.7 Å². The van der Waals surface area contributed by atoms with Gasteiger partial charge >= 0.3 is 14.2 Å². The van der Waals surface area contributed by atoms with Crippen molar-refractivity contribution in [3.8, 4) is 33.4 Å². The highest BCUT2D eigenvalue weighted by Crippen LogP contribution is 2.59. The number of para-hydroxylation sites is 2. The summed E-state index contributed by atoms with van der Waals surface area (Å²) in [4.78, 5) is 4.96. The number of unbranched alkanes of at least 4 members (excludes halogenated alkanes) is 2. The van der Waals surface area contributed by atoms with Crippen LogP contribution >= 0.6 is 0 Å². The average molecular weight is 1130 g/mol.